The highest BCUT2D eigenvalue weighted by molar-refractivity contribution is 7.99. The van der Waals surface area contributed by atoms with E-state index in [0.29, 0.717) is 12.2 Å². The average Bonchev–Trinajstić information content (AvgIpc) is 3.04. The Hall–Kier alpha value is -2.55. The Bertz CT molecular complexity index is 975. The quantitative estimate of drug-likeness (QED) is 0.591. The van der Waals surface area contributed by atoms with E-state index in [-0.39, 0.29) is 5.97 Å². The molecule has 0 saturated carbocycles. The molecule has 4 rings (SSSR count). The number of fused-ring (bicyclic) bond motifs is 4. The largest absolute Gasteiger partial charge is 0.466 e. The molecule has 27 heavy (non-hydrogen) atoms. The highest BCUT2D eigenvalue weighted by Gasteiger charge is 2.29. The van der Waals surface area contributed by atoms with Crippen LogP contribution in [0, 0.1) is 11.3 Å². The number of nitriles is 1. The van der Waals surface area contributed by atoms with E-state index < -0.39 is 0 Å². The van der Waals surface area contributed by atoms with Gasteiger partial charge in [0.2, 0.25) is 0 Å². The highest BCUT2D eigenvalue weighted by Crippen LogP contribution is 2.46. The Morgan fingerprint density at radius 3 is 2.67 bits per heavy atom. The molecule has 0 bridgehead atoms. The van der Waals surface area contributed by atoms with E-state index in [2.05, 4.69) is 41.3 Å². The van der Waals surface area contributed by atoms with Crippen LogP contribution in [0.15, 0.2) is 52.3 Å². The Balaban J connectivity index is 1.65. The Morgan fingerprint density at radius 1 is 1.15 bits per heavy atom. The van der Waals surface area contributed by atoms with Gasteiger partial charge in [0.15, 0.2) is 0 Å². The summed E-state index contributed by atoms with van der Waals surface area (Å²) in [5.74, 6) is -0.228. The zero-order valence-electron chi connectivity index (χ0n) is 15.2. The molecule has 2 aromatic carbocycles. The summed E-state index contributed by atoms with van der Waals surface area (Å²) >= 11 is 1.78. The second kappa shape index (κ2) is 7.59. The second-order valence-electron chi connectivity index (χ2n) is 6.78. The maximum Gasteiger partial charge on any atom is 0.302 e. The van der Waals surface area contributed by atoms with Crippen LogP contribution >= 0.6 is 11.8 Å². The van der Waals surface area contributed by atoms with Crippen molar-refractivity contribution in [2.45, 2.75) is 23.1 Å². The third-order valence-corrected chi connectivity index (χ3v) is 6.07. The molecule has 0 amide bonds. The highest BCUT2D eigenvalue weighted by atomic mass is 32.2. The number of benzene rings is 2. The lowest BCUT2D eigenvalue weighted by Crippen LogP contribution is -2.24. The van der Waals surface area contributed by atoms with Crippen molar-refractivity contribution in [1.82, 2.24) is 4.90 Å². The fraction of sp³-hybridized carbons (Fsp3) is 0.273. The van der Waals surface area contributed by atoms with Gasteiger partial charge in [0.05, 0.1) is 18.2 Å². The molecule has 2 aliphatic heterocycles. The molecule has 2 aromatic rings. The SMILES string of the molecule is CC(=O)OCCCN1CC2=C(C1)c1cc(C#N)ccc1Sc1ccccc12. The van der Waals surface area contributed by atoms with Crippen molar-refractivity contribution >= 4 is 28.9 Å². The first-order chi connectivity index (χ1) is 13.2. The molecular weight excluding hydrogens is 356 g/mol. The van der Waals surface area contributed by atoms with Gasteiger partial charge in [0.1, 0.15) is 0 Å². The topological polar surface area (TPSA) is 53.3 Å². The summed E-state index contributed by atoms with van der Waals surface area (Å²) in [6, 6.07) is 16.8. The summed E-state index contributed by atoms with van der Waals surface area (Å²) in [5.41, 5.74) is 5.81. The molecular formula is C22H20N2O2S. The fourth-order valence-corrected chi connectivity index (χ4v) is 4.81. The molecule has 5 heteroatoms. The number of ether oxygens (including phenoxy) is 1. The molecule has 0 saturated heterocycles. The van der Waals surface area contributed by atoms with E-state index in [4.69, 9.17) is 4.74 Å². The Morgan fingerprint density at radius 2 is 1.89 bits per heavy atom. The van der Waals surface area contributed by atoms with Gasteiger partial charge >= 0.3 is 5.97 Å². The zero-order chi connectivity index (χ0) is 18.8. The van der Waals surface area contributed by atoms with Crippen LogP contribution in [-0.4, -0.2) is 37.1 Å². The molecule has 136 valence electrons. The first kappa shape index (κ1) is 17.8. The summed E-state index contributed by atoms with van der Waals surface area (Å²) in [7, 11) is 0. The third kappa shape index (κ3) is 3.64. The van der Waals surface area contributed by atoms with Crippen molar-refractivity contribution in [1.29, 1.82) is 5.26 Å². The maximum absolute atomic E-state index is 10.9. The number of hydrogen-bond donors (Lipinski definition) is 0. The van der Waals surface area contributed by atoms with E-state index in [9.17, 15) is 10.1 Å². The smallest absolute Gasteiger partial charge is 0.302 e. The summed E-state index contributed by atoms with van der Waals surface area (Å²) in [6.45, 7) is 4.51. The van der Waals surface area contributed by atoms with E-state index in [1.807, 2.05) is 12.1 Å². The van der Waals surface area contributed by atoms with E-state index in [0.717, 1.165) is 26.1 Å². The van der Waals surface area contributed by atoms with Crippen molar-refractivity contribution in [3.05, 3.63) is 59.2 Å². The summed E-state index contributed by atoms with van der Waals surface area (Å²) in [5, 5.41) is 9.34. The predicted molar refractivity (Wildman–Crippen MR) is 106 cm³/mol. The van der Waals surface area contributed by atoms with Gasteiger partial charge in [-0.3, -0.25) is 9.69 Å². The number of nitrogens with zero attached hydrogens (tertiary/aromatic N) is 2. The van der Waals surface area contributed by atoms with Crippen LogP contribution in [0.4, 0.5) is 0 Å². The van der Waals surface area contributed by atoms with Crippen molar-refractivity contribution in [2.75, 3.05) is 26.2 Å². The molecule has 2 aliphatic rings. The lowest BCUT2D eigenvalue weighted by molar-refractivity contribution is -0.141. The zero-order valence-corrected chi connectivity index (χ0v) is 16.0. The van der Waals surface area contributed by atoms with Crippen molar-refractivity contribution in [3.63, 3.8) is 0 Å². The minimum Gasteiger partial charge on any atom is -0.466 e. The molecule has 0 radical (unpaired) electrons. The Labute approximate surface area is 163 Å². The van der Waals surface area contributed by atoms with E-state index in [1.165, 1.54) is 39.0 Å². The van der Waals surface area contributed by atoms with Crippen LogP contribution in [0.3, 0.4) is 0 Å². The van der Waals surface area contributed by atoms with Crippen LogP contribution in [-0.2, 0) is 9.53 Å². The molecule has 0 spiro atoms. The minimum atomic E-state index is -0.228. The van der Waals surface area contributed by atoms with Gasteiger partial charge in [-0.1, -0.05) is 30.0 Å². The molecule has 0 unspecified atom stereocenters. The summed E-state index contributed by atoms with van der Waals surface area (Å²) in [6.07, 6.45) is 0.821. The van der Waals surface area contributed by atoms with Crippen molar-refractivity contribution in [2.24, 2.45) is 0 Å². The maximum atomic E-state index is 10.9. The normalized spacial score (nSPS) is 15.4. The lowest BCUT2D eigenvalue weighted by atomic mass is 9.96. The van der Waals surface area contributed by atoms with Crippen LogP contribution in [0.1, 0.15) is 30.0 Å². The van der Waals surface area contributed by atoms with Gasteiger partial charge in [0.25, 0.3) is 0 Å². The first-order valence-electron chi connectivity index (χ1n) is 9.05. The molecule has 0 atom stereocenters. The second-order valence-corrected chi connectivity index (χ2v) is 7.87. The molecule has 0 fully saturated rings. The van der Waals surface area contributed by atoms with E-state index >= 15 is 0 Å². The minimum absolute atomic E-state index is 0.228. The molecule has 0 aromatic heterocycles. The standard InChI is InChI=1S/C22H20N2O2S/c1-15(25)26-10-4-9-24-13-19-17-5-2-3-6-21(17)27-22-8-7-16(12-23)11-18(22)20(19)14-24/h2-3,5-8,11H,4,9-10,13-14H2,1H3. The van der Waals surface area contributed by atoms with Gasteiger partial charge < -0.3 is 4.74 Å². The van der Waals surface area contributed by atoms with Gasteiger partial charge in [-0.15, -0.1) is 0 Å². The van der Waals surface area contributed by atoms with Gasteiger partial charge in [-0.05, 0) is 53.0 Å². The van der Waals surface area contributed by atoms with Crippen LogP contribution in [0.5, 0.6) is 0 Å². The van der Waals surface area contributed by atoms with E-state index in [1.54, 1.807) is 11.8 Å². The fourth-order valence-electron chi connectivity index (χ4n) is 3.70. The number of carbonyl (C=O) groups is 1. The number of rotatable bonds is 4. The van der Waals surface area contributed by atoms with Crippen molar-refractivity contribution < 1.29 is 9.53 Å². The van der Waals surface area contributed by atoms with Crippen LogP contribution < -0.4 is 0 Å². The Kier molecular flexibility index (Phi) is 5.02. The number of hydrogen-bond acceptors (Lipinski definition) is 5. The number of carbonyl (C=O) groups excluding carboxylic acids is 1. The van der Waals surface area contributed by atoms with Crippen LogP contribution in [0.25, 0.3) is 11.1 Å². The first-order valence-corrected chi connectivity index (χ1v) is 9.87. The lowest BCUT2D eigenvalue weighted by Gasteiger charge is -2.18. The van der Waals surface area contributed by atoms with Gasteiger partial charge in [-0.25, -0.2) is 0 Å². The molecule has 0 aliphatic carbocycles. The van der Waals surface area contributed by atoms with Crippen LogP contribution in [0.2, 0.25) is 0 Å². The van der Waals surface area contributed by atoms with Crippen molar-refractivity contribution in [3.8, 4) is 6.07 Å². The molecule has 4 nitrogen and oxygen atoms in total. The van der Waals surface area contributed by atoms with Gasteiger partial charge in [0, 0.05) is 36.3 Å². The predicted octanol–water partition coefficient (Wildman–Crippen LogP) is 4.20. The summed E-state index contributed by atoms with van der Waals surface area (Å²) < 4.78 is 5.06. The number of esters is 1. The average molecular weight is 376 g/mol. The summed E-state index contributed by atoms with van der Waals surface area (Å²) in [4.78, 5) is 15.8. The molecule has 2 heterocycles. The third-order valence-electron chi connectivity index (χ3n) is 4.92. The molecule has 0 N–H and O–H groups in total. The monoisotopic (exact) mass is 376 g/mol. The van der Waals surface area contributed by atoms with Gasteiger partial charge in [-0.2, -0.15) is 5.26 Å².